The molecule has 1 aliphatic rings. The maximum atomic E-state index is 10.4. The summed E-state index contributed by atoms with van der Waals surface area (Å²) >= 11 is 1.85. The van der Waals surface area contributed by atoms with E-state index in [1.807, 2.05) is 23.9 Å². The second-order valence-electron chi connectivity index (χ2n) is 5.39. The molecule has 0 heterocycles. The van der Waals surface area contributed by atoms with Crippen molar-refractivity contribution in [3.63, 3.8) is 0 Å². The fourth-order valence-corrected chi connectivity index (χ4v) is 4.27. The van der Waals surface area contributed by atoms with Crippen molar-refractivity contribution in [3.8, 4) is 0 Å². The van der Waals surface area contributed by atoms with E-state index in [-0.39, 0.29) is 6.10 Å². The lowest BCUT2D eigenvalue weighted by atomic mass is 9.84. The third kappa shape index (κ3) is 4.39. The van der Waals surface area contributed by atoms with Crippen LogP contribution in [0.4, 0.5) is 0 Å². The Bertz CT molecular complexity index is 370. The van der Waals surface area contributed by atoms with Gasteiger partial charge in [-0.05, 0) is 37.3 Å². The normalized spacial score (nSPS) is 19.8. The molecule has 2 rings (SSSR count). The van der Waals surface area contributed by atoms with Gasteiger partial charge in [-0.15, -0.1) is 18.3 Å². The quantitative estimate of drug-likeness (QED) is 0.602. The van der Waals surface area contributed by atoms with Crippen LogP contribution in [0.3, 0.4) is 0 Å². The lowest BCUT2D eigenvalue weighted by molar-refractivity contribution is 0.141. The number of hydrogen-bond acceptors (Lipinski definition) is 2. The molecule has 0 saturated heterocycles. The molecule has 1 aromatic carbocycles. The zero-order valence-electron chi connectivity index (χ0n) is 11.5. The van der Waals surface area contributed by atoms with Crippen LogP contribution in [-0.2, 0) is 0 Å². The molecule has 19 heavy (non-hydrogen) atoms. The maximum Gasteiger partial charge on any atom is 0.0699 e. The van der Waals surface area contributed by atoms with Crippen molar-refractivity contribution in [1.82, 2.24) is 0 Å². The second kappa shape index (κ2) is 7.76. The van der Waals surface area contributed by atoms with E-state index in [9.17, 15) is 5.11 Å². The molecular weight excluding hydrogens is 252 g/mol. The van der Waals surface area contributed by atoms with Crippen molar-refractivity contribution < 1.29 is 5.11 Å². The Morgan fingerprint density at radius 3 is 2.53 bits per heavy atom. The first-order chi connectivity index (χ1) is 9.31. The molecule has 1 nitrogen and oxygen atoms in total. The molecule has 1 aromatic rings. The van der Waals surface area contributed by atoms with Gasteiger partial charge in [-0.1, -0.05) is 43.5 Å². The second-order valence-corrected chi connectivity index (χ2v) is 6.64. The molecule has 104 valence electrons. The Labute approximate surface area is 121 Å². The lowest BCUT2D eigenvalue weighted by Gasteiger charge is -2.32. The van der Waals surface area contributed by atoms with E-state index in [1.54, 1.807) is 0 Å². The molecule has 0 amide bonds. The average Bonchev–Trinajstić information content (AvgIpc) is 2.47. The van der Waals surface area contributed by atoms with Gasteiger partial charge in [0.05, 0.1) is 6.10 Å². The summed E-state index contributed by atoms with van der Waals surface area (Å²) in [6.45, 7) is 3.77. The van der Waals surface area contributed by atoms with E-state index in [0.29, 0.717) is 17.6 Å². The van der Waals surface area contributed by atoms with Gasteiger partial charge in [-0.2, -0.15) is 0 Å². The van der Waals surface area contributed by atoms with Crippen LogP contribution in [0.25, 0.3) is 0 Å². The highest BCUT2D eigenvalue weighted by Crippen LogP contribution is 2.38. The number of thioether (sulfide) groups is 1. The summed E-state index contributed by atoms with van der Waals surface area (Å²) in [6, 6.07) is 10.5. The van der Waals surface area contributed by atoms with E-state index >= 15 is 0 Å². The maximum absolute atomic E-state index is 10.4. The van der Waals surface area contributed by atoms with Crippen LogP contribution in [0.15, 0.2) is 47.9 Å². The summed E-state index contributed by atoms with van der Waals surface area (Å²) in [4.78, 5) is 1.26. The average molecular weight is 276 g/mol. The predicted octanol–water partition coefficient (Wildman–Crippen LogP) is 4.66. The van der Waals surface area contributed by atoms with Crippen molar-refractivity contribution in [2.24, 2.45) is 5.92 Å². The molecular formula is C17H24OS. The highest BCUT2D eigenvalue weighted by atomic mass is 32.2. The number of aliphatic hydroxyl groups excluding tert-OH is 1. The van der Waals surface area contributed by atoms with Gasteiger partial charge in [0.1, 0.15) is 0 Å². The van der Waals surface area contributed by atoms with E-state index in [0.717, 1.165) is 0 Å². The molecule has 2 atom stereocenters. The number of aliphatic hydroxyl groups is 1. The summed E-state index contributed by atoms with van der Waals surface area (Å²) in [6.07, 6.45) is 8.78. The standard InChI is InChI=1S/C17H24OS/c1-2-9-16(18)17(14-10-5-3-6-11-14)19-15-12-7-4-8-13-15/h2,4,7-8,12-14,16-18H,1,3,5-6,9-11H2/t16-,17+/m0/s1. The predicted molar refractivity (Wildman–Crippen MR) is 83.5 cm³/mol. The van der Waals surface area contributed by atoms with Gasteiger partial charge in [0.2, 0.25) is 0 Å². The fraction of sp³-hybridized carbons (Fsp3) is 0.529. The Morgan fingerprint density at radius 1 is 1.21 bits per heavy atom. The summed E-state index contributed by atoms with van der Waals surface area (Å²) in [7, 11) is 0. The molecule has 0 aliphatic heterocycles. The van der Waals surface area contributed by atoms with Crippen molar-refractivity contribution in [1.29, 1.82) is 0 Å². The summed E-state index contributed by atoms with van der Waals surface area (Å²) in [5, 5.41) is 10.7. The fourth-order valence-electron chi connectivity index (χ4n) is 2.91. The van der Waals surface area contributed by atoms with Crippen LogP contribution in [-0.4, -0.2) is 16.5 Å². The van der Waals surface area contributed by atoms with E-state index in [1.165, 1.54) is 37.0 Å². The van der Waals surface area contributed by atoms with Gasteiger partial charge in [-0.25, -0.2) is 0 Å². The highest BCUT2D eigenvalue weighted by molar-refractivity contribution is 8.00. The monoisotopic (exact) mass is 276 g/mol. The molecule has 0 unspecified atom stereocenters. The Morgan fingerprint density at radius 2 is 1.89 bits per heavy atom. The largest absolute Gasteiger partial charge is 0.392 e. The number of hydrogen-bond donors (Lipinski definition) is 1. The molecule has 0 radical (unpaired) electrons. The molecule has 1 fully saturated rings. The van der Waals surface area contributed by atoms with Gasteiger partial charge in [0, 0.05) is 10.1 Å². The molecule has 0 bridgehead atoms. The summed E-state index contributed by atoms with van der Waals surface area (Å²) in [5.74, 6) is 0.647. The van der Waals surface area contributed by atoms with Crippen LogP contribution >= 0.6 is 11.8 Å². The van der Waals surface area contributed by atoms with Crippen LogP contribution in [0.1, 0.15) is 38.5 Å². The van der Waals surface area contributed by atoms with Crippen LogP contribution in [0, 0.1) is 5.92 Å². The third-order valence-corrected chi connectivity index (χ3v) is 5.43. The Kier molecular flexibility index (Phi) is 5.99. The molecule has 0 aromatic heterocycles. The first-order valence-corrected chi connectivity index (χ1v) is 8.20. The van der Waals surface area contributed by atoms with Crippen molar-refractivity contribution >= 4 is 11.8 Å². The summed E-state index contributed by atoms with van der Waals surface area (Å²) in [5.41, 5.74) is 0. The van der Waals surface area contributed by atoms with Crippen molar-refractivity contribution in [2.75, 3.05) is 0 Å². The van der Waals surface area contributed by atoms with Gasteiger partial charge in [0.25, 0.3) is 0 Å². The third-order valence-electron chi connectivity index (χ3n) is 3.92. The first-order valence-electron chi connectivity index (χ1n) is 7.32. The van der Waals surface area contributed by atoms with Crippen molar-refractivity contribution in [3.05, 3.63) is 43.0 Å². The molecule has 1 aliphatic carbocycles. The highest BCUT2D eigenvalue weighted by Gasteiger charge is 2.29. The number of rotatable bonds is 6. The van der Waals surface area contributed by atoms with E-state index < -0.39 is 0 Å². The van der Waals surface area contributed by atoms with Crippen LogP contribution in [0.2, 0.25) is 0 Å². The first kappa shape index (κ1) is 14.7. The molecule has 2 heteroatoms. The zero-order valence-corrected chi connectivity index (χ0v) is 12.3. The Hall–Kier alpha value is -0.730. The zero-order chi connectivity index (χ0) is 13.5. The smallest absolute Gasteiger partial charge is 0.0699 e. The van der Waals surface area contributed by atoms with E-state index in [4.69, 9.17) is 0 Å². The van der Waals surface area contributed by atoms with Crippen molar-refractivity contribution in [2.45, 2.75) is 54.8 Å². The lowest BCUT2D eigenvalue weighted by Crippen LogP contribution is -2.31. The minimum atomic E-state index is -0.272. The molecule has 0 spiro atoms. The summed E-state index contributed by atoms with van der Waals surface area (Å²) < 4.78 is 0. The van der Waals surface area contributed by atoms with Gasteiger partial charge in [-0.3, -0.25) is 0 Å². The van der Waals surface area contributed by atoms with Gasteiger partial charge < -0.3 is 5.11 Å². The molecule has 1 N–H and O–H groups in total. The number of benzene rings is 1. The molecule has 1 saturated carbocycles. The SMILES string of the molecule is C=CC[C@H](O)[C@H](Sc1ccccc1)C1CCCCC1. The minimum Gasteiger partial charge on any atom is -0.392 e. The Balaban J connectivity index is 2.06. The van der Waals surface area contributed by atoms with Gasteiger partial charge in [0.15, 0.2) is 0 Å². The van der Waals surface area contributed by atoms with Crippen LogP contribution in [0.5, 0.6) is 0 Å². The van der Waals surface area contributed by atoms with Gasteiger partial charge >= 0.3 is 0 Å². The van der Waals surface area contributed by atoms with E-state index in [2.05, 4.69) is 30.8 Å². The topological polar surface area (TPSA) is 20.2 Å². The van der Waals surface area contributed by atoms with Crippen LogP contribution < -0.4 is 0 Å². The minimum absolute atomic E-state index is 0.272.